The summed E-state index contributed by atoms with van der Waals surface area (Å²) in [4.78, 5) is 11.0. The molecule has 0 aliphatic carbocycles. The number of benzene rings is 2. The van der Waals surface area contributed by atoms with Gasteiger partial charge in [0.15, 0.2) is 6.29 Å². The number of rotatable bonds is 2. The molecule has 0 aliphatic heterocycles. The van der Waals surface area contributed by atoms with E-state index in [2.05, 4.69) is 0 Å². The first-order valence-corrected chi connectivity index (χ1v) is 5.51. The van der Waals surface area contributed by atoms with Crippen molar-refractivity contribution in [3.63, 3.8) is 0 Å². The van der Waals surface area contributed by atoms with Gasteiger partial charge in [0.05, 0.1) is 5.02 Å². The Bertz CT molecular complexity index is 578. The second-order valence-corrected chi connectivity index (χ2v) is 4.24. The zero-order chi connectivity index (χ0) is 12.4. The third kappa shape index (κ3) is 2.37. The lowest BCUT2D eigenvalue weighted by atomic mass is 9.98. The van der Waals surface area contributed by atoms with E-state index in [4.69, 9.17) is 11.6 Å². The van der Waals surface area contributed by atoms with E-state index in [9.17, 15) is 9.18 Å². The van der Waals surface area contributed by atoms with E-state index in [1.807, 2.05) is 19.1 Å². The molecule has 0 spiro atoms. The number of carbonyl (C=O) groups is 1. The van der Waals surface area contributed by atoms with Gasteiger partial charge in [0.2, 0.25) is 0 Å². The van der Waals surface area contributed by atoms with Crippen LogP contribution in [-0.4, -0.2) is 6.29 Å². The predicted molar refractivity (Wildman–Crippen MR) is 67.0 cm³/mol. The molecule has 0 atom stereocenters. The molecule has 0 radical (unpaired) electrons. The summed E-state index contributed by atoms with van der Waals surface area (Å²) >= 11 is 5.74. The molecule has 0 aliphatic rings. The topological polar surface area (TPSA) is 17.1 Å². The predicted octanol–water partition coefficient (Wildman–Crippen LogP) is 4.27. The zero-order valence-electron chi connectivity index (χ0n) is 9.21. The lowest BCUT2D eigenvalue weighted by Gasteiger charge is -2.07. The molecule has 86 valence electrons. The summed E-state index contributed by atoms with van der Waals surface area (Å²) in [6, 6.07) is 9.93. The molecule has 0 bridgehead atoms. The van der Waals surface area contributed by atoms with Crippen LogP contribution in [0.15, 0.2) is 36.4 Å². The minimum Gasteiger partial charge on any atom is -0.298 e. The lowest BCUT2D eigenvalue weighted by molar-refractivity contribution is 0.112. The van der Waals surface area contributed by atoms with Crippen LogP contribution < -0.4 is 0 Å². The first kappa shape index (κ1) is 11.8. The monoisotopic (exact) mass is 248 g/mol. The molecule has 0 saturated carbocycles. The summed E-state index contributed by atoms with van der Waals surface area (Å²) < 4.78 is 13.1. The smallest absolute Gasteiger partial charge is 0.150 e. The maximum Gasteiger partial charge on any atom is 0.150 e. The number of aryl methyl sites for hydroxylation is 1. The van der Waals surface area contributed by atoms with Gasteiger partial charge in [-0.1, -0.05) is 41.4 Å². The Balaban J connectivity index is 2.62. The minimum absolute atomic E-state index is 0.0563. The largest absolute Gasteiger partial charge is 0.298 e. The van der Waals surface area contributed by atoms with Crippen molar-refractivity contribution >= 4 is 17.9 Å². The Labute approximate surface area is 104 Å². The van der Waals surface area contributed by atoms with Crippen LogP contribution in [-0.2, 0) is 0 Å². The van der Waals surface area contributed by atoms with E-state index in [0.717, 1.165) is 23.0 Å². The van der Waals surface area contributed by atoms with Crippen LogP contribution in [0.4, 0.5) is 4.39 Å². The molecule has 0 saturated heterocycles. The van der Waals surface area contributed by atoms with Gasteiger partial charge in [-0.3, -0.25) is 4.79 Å². The number of hydrogen-bond acceptors (Lipinski definition) is 1. The molecule has 0 amide bonds. The molecule has 2 aromatic carbocycles. The Hall–Kier alpha value is -1.67. The standard InChI is InChI=1S/C14H10ClFO/c1-9-2-3-11(8-17)12(6-9)10-4-5-14(16)13(15)7-10/h2-8H,1H3. The third-order valence-corrected chi connectivity index (χ3v) is 2.86. The summed E-state index contributed by atoms with van der Waals surface area (Å²) in [6.07, 6.45) is 0.784. The van der Waals surface area contributed by atoms with Crippen molar-refractivity contribution in [2.45, 2.75) is 6.92 Å². The molecule has 0 unspecified atom stereocenters. The number of halogens is 2. The maximum atomic E-state index is 13.1. The van der Waals surface area contributed by atoms with Crippen molar-refractivity contribution in [2.24, 2.45) is 0 Å². The molecule has 0 heterocycles. The van der Waals surface area contributed by atoms with Crippen molar-refractivity contribution in [2.75, 3.05) is 0 Å². The minimum atomic E-state index is -0.462. The van der Waals surface area contributed by atoms with Gasteiger partial charge in [0, 0.05) is 5.56 Å². The van der Waals surface area contributed by atoms with Gasteiger partial charge in [-0.05, 0) is 30.2 Å². The summed E-state index contributed by atoms with van der Waals surface area (Å²) in [7, 11) is 0. The summed E-state index contributed by atoms with van der Waals surface area (Å²) in [6.45, 7) is 1.93. The van der Waals surface area contributed by atoms with E-state index in [0.29, 0.717) is 5.56 Å². The highest BCUT2D eigenvalue weighted by Gasteiger charge is 2.07. The highest BCUT2D eigenvalue weighted by molar-refractivity contribution is 6.31. The van der Waals surface area contributed by atoms with Gasteiger partial charge in [0.25, 0.3) is 0 Å². The highest BCUT2D eigenvalue weighted by atomic mass is 35.5. The van der Waals surface area contributed by atoms with Gasteiger partial charge in [-0.2, -0.15) is 0 Å². The number of hydrogen-bond donors (Lipinski definition) is 0. The Morgan fingerprint density at radius 3 is 2.59 bits per heavy atom. The maximum absolute atomic E-state index is 13.1. The second-order valence-electron chi connectivity index (χ2n) is 3.84. The first-order valence-electron chi connectivity index (χ1n) is 5.13. The third-order valence-electron chi connectivity index (χ3n) is 2.57. The fourth-order valence-corrected chi connectivity index (χ4v) is 1.87. The fourth-order valence-electron chi connectivity index (χ4n) is 1.69. The number of carbonyl (C=O) groups excluding carboxylic acids is 1. The molecule has 1 nitrogen and oxygen atoms in total. The van der Waals surface area contributed by atoms with Crippen LogP contribution in [0.25, 0.3) is 11.1 Å². The summed E-state index contributed by atoms with van der Waals surface area (Å²) in [5.41, 5.74) is 3.11. The molecule has 17 heavy (non-hydrogen) atoms. The highest BCUT2D eigenvalue weighted by Crippen LogP contribution is 2.27. The van der Waals surface area contributed by atoms with Crippen molar-refractivity contribution in [1.29, 1.82) is 0 Å². The first-order chi connectivity index (χ1) is 8.11. The molecule has 2 aromatic rings. The van der Waals surface area contributed by atoms with Gasteiger partial charge < -0.3 is 0 Å². The number of aldehydes is 1. The second kappa shape index (κ2) is 4.68. The van der Waals surface area contributed by atoms with Crippen molar-refractivity contribution in [3.05, 3.63) is 58.4 Å². The van der Waals surface area contributed by atoms with Crippen LogP contribution in [0.1, 0.15) is 15.9 Å². The van der Waals surface area contributed by atoms with Crippen LogP contribution in [0.5, 0.6) is 0 Å². The van der Waals surface area contributed by atoms with Gasteiger partial charge >= 0.3 is 0 Å². The van der Waals surface area contributed by atoms with E-state index in [1.54, 1.807) is 12.1 Å². The zero-order valence-corrected chi connectivity index (χ0v) is 9.96. The van der Waals surface area contributed by atoms with Gasteiger partial charge in [-0.25, -0.2) is 4.39 Å². The summed E-state index contributed by atoms with van der Waals surface area (Å²) in [5.74, 6) is -0.462. The Morgan fingerprint density at radius 2 is 1.94 bits per heavy atom. The van der Waals surface area contributed by atoms with Crippen LogP contribution >= 0.6 is 11.6 Å². The molecule has 3 heteroatoms. The quantitative estimate of drug-likeness (QED) is 0.726. The molecule has 0 N–H and O–H groups in total. The van der Waals surface area contributed by atoms with Crippen LogP contribution in [0, 0.1) is 12.7 Å². The van der Waals surface area contributed by atoms with E-state index in [1.165, 1.54) is 12.1 Å². The molecule has 0 fully saturated rings. The Kier molecular flexibility index (Phi) is 3.25. The average molecular weight is 249 g/mol. The summed E-state index contributed by atoms with van der Waals surface area (Å²) in [5, 5.41) is 0.0563. The van der Waals surface area contributed by atoms with Crippen molar-refractivity contribution in [3.8, 4) is 11.1 Å². The fraction of sp³-hybridized carbons (Fsp3) is 0.0714. The van der Waals surface area contributed by atoms with Crippen LogP contribution in [0.2, 0.25) is 5.02 Å². The SMILES string of the molecule is Cc1ccc(C=O)c(-c2ccc(F)c(Cl)c2)c1. The van der Waals surface area contributed by atoms with Gasteiger partial charge in [-0.15, -0.1) is 0 Å². The normalized spacial score (nSPS) is 10.3. The Morgan fingerprint density at radius 1 is 1.18 bits per heavy atom. The molecule has 2 rings (SSSR count). The van der Waals surface area contributed by atoms with Crippen LogP contribution in [0.3, 0.4) is 0 Å². The van der Waals surface area contributed by atoms with Crippen molar-refractivity contribution in [1.82, 2.24) is 0 Å². The van der Waals surface area contributed by atoms with E-state index < -0.39 is 5.82 Å². The molecular weight excluding hydrogens is 239 g/mol. The molecular formula is C14H10ClFO. The molecule has 0 aromatic heterocycles. The van der Waals surface area contributed by atoms with Gasteiger partial charge in [0.1, 0.15) is 5.82 Å². The lowest BCUT2D eigenvalue weighted by Crippen LogP contribution is -1.89. The van der Waals surface area contributed by atoms with E-state index >= 15 is 0 Å². The van der Waals surface area contributed by atoms with Crippen molar-refractivity contribution < 1.29 is 9.18 Å². The average Bonchev–Trinajstić information content (AvgIpc) is 2.32. The van der Waals surface area contributed by atoms with E-state index in [-0.39, 0.29) is 5.02 Å².